The topological polar surface area (TPSA) is 72.7 Å². The van der Waals surface area contributed by atoms with Crippen molar-refractivity contribution in [2.75, 3.05) is 6.54 Å². The van der Waals surface area contributed by atoms with Gasteiger partial charge in [0.15, 0.2) is 11.0 Å². The van der Waals surface area contributed by atoms with Gasteiger partial charge in [-0.2, -0.15) is 0 Å². The third-order valence-corrected chi connectivity index (χ3v) is 7.26. The van der Waals surface area contributed by atoms with Crippen LogP contribution >= 0.6 is 34.7 Å². The van der Waals surface area contributed by atoms with Crippen molar-refractivity contribution in [3.05, 3.63) is 75.5 Å². The van der Waals surface area contributed by atoms with Crippen molar-refractivity contribution < 1.29 is 9.18 Å². The minimum atomic E-state index is -0.396. The fourth-order valence-electron chi connectivity index (χ4n) is 3.20. The largest absolute Gasteiger partial charge is 0.351 e. The van der Waals surface area contributed by atoms with E-state index in [2.05, 4.69) is 34.3 Å². The Balaban J connectivity index is 1.57. The predicted molar refractivity (Wildman–Crippen MR) is 135 cm³/mol. The van der Waals surface area contributed by atoms with Gasteiger partial charge in [-0.05, 0) is 36.6 Å². The maximum Gasteiger partial charge on any atom is 0.270 e. The number of hydrogen-bond donors (Lipinski definition) is 1. The minimum Gasteiger partial charge on any atom is -0.351 e. The molecule has 0 fully saturated rings. The minimum absolute atomic E-state index is 0.177. The first-order valence-electron chi connectivity index (χ1n) is 10.7. The molecule has 2 aromatic carbocycles. The van der Waals surface area contributed by atoms with Gasteiger partial charge in [0.25, 0.3) is 5.91 Å². The van der Waals surface area contributed by atoms with E-state index in [9.17, 15) is 9.18 Å². The number of halogens is 2. The van der Waals surface area contributed by atoms with Gasteiger partial charge in [0.1, 0.15) is 16.5 Å². The van der Waals surface area contributed by atoms with Gasteiger partial charge in [-0.15, -0.1) is 21.5 Å². The van der Waals surface area contributed by atoms with Crippen molar-refractivity contribution in [1.29, 1.82) is 0 Å². The zero-order valence-corrected chi connectivity index (χ0v) is 21.1. The van der Waals surface area contributed by atoms with Gasteiger partial charge in [-0.3, -0.25) is 9.36 Å². The molecule has 0 radical (unpaired) electrons. The molecule has 0 aliphatic heterocycles. The molecule has 176 valence electrons. The molecule has 0 aliphatic carbocycles. The maximum atomic E-state index is 14.8. The van der Waals surface area contributed by atoms with Crippen molar-refractivity contribution in [1.82, 2.24) is 25.1 Å². The number of carbonyl (C=O) groups is 1. The van der Waals surface area contributed by atoms with Crippen LogP contribution < -0.4 is 5.32 Å². The first kappa shape index (κ1) is 24.4. The van der Waals surface area contributed by atoms with Crippen LogP contribution in [0, 0.1) is 11.7 Å². The number of carbonyl (C=O) groups excluding carboxylic acids is 1. The second-order valence-electron chi connectivity index (χ2n) is 7.93. The third-order valence-electron chi connectivity index (χ3n) is 4.96. The zero-order valence-electron chi connectivity index (χ0n) is 18.7. The van der Waals surface area contributed by atoms with Gasteiger partial charge in [-0.25, -0.2) is 9.37 Å². The number of hydrogen-bond acceptors (Lipinski definition) is 6. The Kier molecular flexibility index (Phi) is 7.97. The molecule has 2 heterocycles. The van der Waals surface area contributed by atoms with E-state index >= 15 is 0 Å². The maximum absolute atomic E-state index is 14.8. The molecule has 2 aromatic heterocycles. The lowest BCUT2D eigenvalue weighted by atomic mass is 10.1. The number of nitrogens with one attached hydrogen (secondary N) is 1. The lowest BCUT2D eigenvalue weighted by Crippen LogP contribution is -2.25. The van der Waals surface area contributed by atoms with E-state index in [0.717, 1.165) is 11.4 Å². The van der Waals surface area contributed by atoms with Crippen LogP contribution in [0.25, 0.3) is 17.1 Å². The third kappa shape index (κ3) is 5.65. The molecule has 0 saturated heterocycles. The van der Waals surface area contributed by atoms with Crippen LogP contribution in [-0.4, -0.2) is 32.2 Å². The first-order valence-corrected chi connectivity index (χ1v) is 13.0. The van der Waals surface area contributed by atoms with Crippen molar-refractivity contribution in [2.24, 2.45) is 5.92 Å². The van der Waals surface area contributed by atoms with Crippen LogP contribution in [-0.2, 0) is 5.75 Å². The summed E-state index contributed by atoms with van der Waals surface area (Å²) in [5, 5.41) is 15.0. The van der Waals surface area contributed by atoms with E-state index in [4.69, 9.17) is 11.6 Å². The molecule has 6 nitrogen and oxygen atoms in total. The average molecular weight is 516 g/mol. The molecule has 10 heteroatoms. The molecular formula is C24H23ClFN5OS2. The van der Waals surface area contributed by atoms with Crippen molar-refractivity contribution in [3.63, 3.8) is 0 Å². The Labute approximate surface area is 210 Å². The summed E-state index contributed by atoms with van der Waals surface area (Å²) in [6, 6.07) is 13.7. The summed E-state index contributed by atoms with van der Waals surface area (Å²) >= 11 is 9.17. The van der Waals surface area contributed by atoms with Crippen molar-refractivity contribution in [3.8, 4) is 17.1 Å². The molecule has 0 aliphatic rings. The van der Waals surface area contributed by atoms with Gasteiger partial charge >= 0.3 is 0 Å². The summed E-state index contributed by atoms with van der Waals surface area (Å²) in [5.74, 6) is 0.849. The van der Waals surface area contributed by atoms with Crippen LogP contribution in [0.5, 0.6) is 0 Å². The van der Waals surface area contributed by atoms with E-state index in [1.54, 1.807) is 34.2 Å². The van der Waals surface area contributed by atoms with Crippen LogP contribution in [0.3, 0.4) is 0 Å². The first-order chi connectivity index (χ1) is 16.4. The Morgan fingerprint density at radius 3 is 2.71 bits per heavy atom. The smallest absolute Gasteiger partial charge is 0.270 e. The average Bonchev–Trinajstić information content (AvgIpc) is 3.45. The lowest BCUT2D eigenvalue weighted by molar-refractivity contribution is 0.0947. The number of amides is 1. The number of benzene rings is 2. The number of thiazole rings is 1. The van der Waals surface area contributed by atoms with Gasteiger partial charge in [0, 0.05) is 17.5 Å². The van der Waals surface area contributed by atoms with E-state index < -0.39 is 5.82 Å². The molecule has 4 aromatic rings. The Bertz CT molecular complexity index is 1290. The summed E-state index contributed by atoms with van der Waals surface area (Å²) in [6.45, 7) is 4.84. The Morgan fingerprint density at radius 2 is 1.94 bits per heavy atom. The van der Waals surface area contributed by atoms with Crippen LogP contribution in [0.4, 0.5) is 4.39 Å². The SMILES string of the molecule is CC(C)CCNC(=O)c1csc(CSc2nnc(-c3ccccc3Cl)n2-c2ccccc2F)n1. The molecule has 34 heavy (non-hydrogen) atoms. The predicted octanol–water partition coefficient (Wildman–Crippen LogP) is 6.25. The summed E-state index contributed by atoms with van der Waals surface area (Å²) in [7, 11) is 0. The second kappa shape index (κ2) is 11.1. The quantitative estimate of drug-likeness (QED) is 0.267. The molecule has 0 saturated carbocycles. The Hall–Kier alpha value is -2.75. The van der Waals surface area contributed by atoms with Crippen LogP contribution in [0.1, 0.15) is 35.8 Å². The fourth-order valence-corrected chi connectivity index (χ4v) is 5.16. The summed E-state index contributed by atoms with van der Waals surface area (Å²) in [5.41, 5.74) is 1.38. The summed E-state index contributed by atoms with van der Waals surface area (Å²) < 4.78 is 16.4. The normalized spacial score (nSPS) is 11.2. The van der Waals surface area contributed by atoms with Crippen molar-refractivity contribution in [2.45, 2.75) is 31.2 Å². The highest BCUT2D eigenvalue weighted by molar-refractivity contribution is 7.98. The standard InChI is InChI=1S/C24H23ClFN5OS2/c1-15(2)11-12-27-23(32)19-13-33-21(28-19)14-34-24-30-29-22(16-7-3-4-8-17(16)25)31(24)20-10-6-5-9-18(20)26/h3-10,13,15H,11-12,14H2,1-2H3,(H,27,32). The van der Waals surface area contributed by atoms with E-state index in [-0.39, 0.29) is 5.91 Å². The number of rotatable bonds is 9. The highest BCUT2D eigenvalue weighted by Gasteiger charge is 2.21. The number of aromatic nitrogens is 4. The molecule has 0 bridgehead atoms. The summed E-state index contributed by atoms with van der Waals surface area (Å²) in [4.78, 5) is 16.8. The second-order valence-corrected chi connectivity index (χ2v) is 10.2. The van der Waals surface area contributed by atoms with E-state index in [1.165, 1.54) is 29.2 Å². The molecule has 0 atom stereocenters. The monoisotopic (exact) mass is 515 g/mol. The zero-order chi connectivity index (χ0) is 24.1. The molecular weight excluding hydrogens is 493 g/mol. The fraction of sp³-hybridized carbons (Fsp3) is 0.250. The van der Waals surface area contributed by atoms with Gasteiger partial charge in [0.2, 0.25) is 0 Å². The Morgan fingerprint density at radius 1 is 1.18 bits per heavy atom. The summed E-state index contributed by atoms with van der Waals surface area (Å²) in [6.07, 6.45) is 0.915. The number of nitrogens with zero attached hydrogens (tertiary/aromatic N) is 4. The molecule has 0 unspecified atom stereocenters. The van der Waals surface area contributed by atoms with Gasteiger partial charge in [-0.1, -0.05) is 61.5 Å². The van der Waals surface area contributed by atoms with Crippen LogP contribution in [0.2, 0.25) is 5.02 Å². The molecule has 1 N–H and O–H groups in total. The van der Waals surface area contributed by atoms with E-state index in [1.807, 2.05) is 18.2 Å². The highest BCUT2D eigenvalue weighted by atomic mass is 35.5. The molecule has 1 amide bonds. The highest BCUT2D eigenvalue weighted by Crippen LogP contribution is 2.34. The van der Waals surface area contributed by atoms with Crippen LogP contribution in [0.15, 0.2) is 59.1 Å². The number of para-hydroxylation sites is 1. The van der Waals surface area contributed by atoms with Crippen molar-refractivity contribution >= 4 is 40.6 Å². The van der Waals surface area contributed by atoms with Gasteiger partial charge in [0.05, 0.1) is 16.5 Å². The molecule has 0 spiro atoms. The van der Waals surface area contributed by atoms with Gasteiger partial charge < -0.3 is 5.32 Å². The molecule has 4 rings (SSSR count). The lowest BCUT2D eigenvalue weighted by Gasteiger charge is -2.11. The number of thioether (sulfide) groups is 1. The van der Waals surface area contributed by atoms with E-state index in [0.29, 0.717) is 51.2 Å².